The van der Waals surface area contributed by atoms with E-state index in [0.717, 1.165) is 5.56 Å². The predicted molar refractivity (Wildman–Crippen MR) is 90.4 cm³/mol. The average molecular weight is 340 g/mol. The molecule has 25 heavy (non-hydrogen) atoms. The molecule has 0 bridgehead atoms. The van der Waals surface area contributed by atoms with Crippen LogP contribution in [0.5, 0.6) is 5.75 Å². The summed E-state index contributed by atoms with van der Waals surface area (Å²) in [5.41, 5.74) is 0.932. The van der Waals surface area contributed by atoms with E-state index in [1.807, 2.05) is 30.3 Å². The fraction of sp³-hybridized carbons (Fsp3) is 0.167. The van der Waals surface area contributed by atoms with Crippen LogP contribution in [0, 0.1) is 5.82 Å². The summed E-state index contributed by atoms with van der Waals surface area (Å²) in [4.78, 5) is 16.1. The fourth-order valence-electron chi connectivity index (χ4n) is 2.17. The summed E-state index contributed by atoms with van der Waals surface area (Å²) in [6, 6.07) is 15.1. The van der Waals surface area contributed by atoms with E-state index in [9.17, 15) is 9.18 Å². The van der Waals surface area contributed by atoms with Gasteiger partial charge in [-0.1, -0.05) is 30.3 Å². The molecule has 1 amide bonds. The van der Waals surface area contributed by atoms with Gasteiger partial charge >= 0.3 is 0 Å². The van der Waals surface area contributed by atoms with Crippen molar-refractivity contribution >= 4 is 5.91 Å². The molecule has 0 aliphatic carbocycles. The molecule has 0 saturated carbocycles. The number of carbonyl (C=O) groups is 1. The molecule has 0 atom stereocenters. The van der Waals surface area contributed by atoms with Gasteiger partial charge in [-0.15, -0.1) is 0 Å². The van der Waals surface area contributed by atoms with Crippen molar-refractivity contribution in [1.29, 1.82) is 0 Å². The third-order valence-electron chi connectivity index (χ3n) is 3.43. The molecule has 0 spiro atoms. The first kappa shape index (κ1) is 16.6. The van der Waals surface area contributed by atoms with Gasteiger partial charge in [-0.2, -0.15) is 5.10 Å². The van der Waals surface area contributed by atoms with Crippen molar-refractivity contribution < 1.29 is 13.9 Å². The van der Waals surface area contributed by atoms with Crippen molar-refractivity contribution in [3.05, 3.63) is 66.2 Å². The lowest BCUT2D eigenvalue weighted by atomic mass is 10.2. The second-order valence-corrected chi connectivity index (χ2v) is 5.31. The van der Waals surface area contributed by atoms with Gasteiger partial charge in [0.05, 0.1) is 0 Å². The van der Waals surface area contributed by atoms with E-state index in [1.165, 1.54) is 24.3 Å². The van der Waals surface area contributed by atoms with Crippen molar-refractivity contribution in [2.75, 3.05) is 13.2 Å². The molecule has 2 aromatic carbocycles. The van der Waals surface area contributed by atoms with Gasteiger partial charge in [0.2, 0.25) is 0 Å². The van der Waals surface area contributed by atoms with Gasteiger partial charge in [-0.25, -0.2) is 9.37 Å². The maximum atomic E-state index is 12.8. The maximum absolute atomic E-state index is 12.8. The molecule has 0 aliphatic rings. The number of ether oxygens (including phenoxy) is 1. The number of hydrogen-bond acceptors (Lipinski definition) is 4. The molecule has 7 heteroatoms. The molecule has 2 N–H and O–H groups in total. The largest absolute Gasteiger partial charge is 0.484 e. The van der Waals surface area contributed by atoms with Gasteiger partial charge < -0.3 is 10.1 Å². The number of H-pyrrole nitrogens is 1. The molecule has 0 unspecified atom stereocenters. The van der Waals surface area contributed by atoms with Crippen LogP contribution in [-0.2, 0) is 11.2 Å². The molecular formula is C18H17FN4O2. The summed E-state index contributed by atoms with van der Waals surface area (Å²) in [5.74, 6) is 1.16. The van der Waals surface area contributed by atoms with Gasteiger partial charge in [0.25, 0.3) is 5.91 Å². The number of rotatable bonds is 7. The van der Waals surface area contributed by atoms with E-state index in [2.05, 4.69) is 20.5 Å². The van der Waals surface area contributed by atoms with Gasteiger partial charge in [0.15, 0.2) is 12.4 Å². The van der Waals surface area contributed by atoms with Gasteiger partial charge in [0.1, 0.15) is 17.4 Å². The molecule has 1 heterocycles. The monoisotopic (exact) mass is 340 g/mol. The Morgan fingerprint density at radius 1 is 1.12 bits per heavy atom. The van der Waals surface area contributed by atoms with Gasteiger partial charge in [-0.3, -0.25) is 9.89 Å². The van der Waals surface area contributed by atoms with Crippen LogP contribution in [0.2, 0.25) is 0 Å². The Labute approximate surface area is 144 Å². The highest BCUT2D eigenvalue weighted by molar-refractivity contribution is 5.77. The molecule has 128 valence electrons. The quantitative estimate of drug-likeness (QED) is 0.692. The normalized spacial score (nSPS) is 10.4. The van der Waals surface area contributed by atoms with E-state index >= 15 is 0 Å². The molecule has 1 aromatic heterocycles. The highest BCUT2D eigenvalue weighted by Crippen LogP contribution is 2.13. The Balaban J connectivity index is 1.41. The van der Waals surface area contributed by atoms with Crippen LogP contribution in [0.25, 0.3) is 11.4 Å². The average Bonchev–Trinajstić information content (AvgIpc) is 3.11. The number of halogens is 1. The summed E-state index contributed by atoms with van der Waals surface area (Å²) in [6.45, 7) is 0.284. The summed E-state index contributed by atoms with van der Waals surface area (Å²) in [6.07, 6.45) is 0.530. The lowest BCUT2D eigenvalue weighted by Gasteiger charge is -2.06. The Morgan fingerprint density at radius 2 is 1.88 bits per heavy atom. The zero-order valence-electron chi connectivity index (χ0n) is 13.4. The molecule has 0 aliphatic heterocycles. The first-order chi connectivity index (χ1) is 12.2. The molecular weight excluding hydrogens is 323 g/mol. The Bertz CT molecular complexity index is 819. The van der Waals surface area contributed by atoms with E-state index in [4.69, 9.17) is 4.74 Å². The molecule has 0 saturated heterocycles. The van der Waals surface area contributed by atoms with Crippen LogP contribution < -0.4 is 10.1 Å². The summed E-state index contributed by atoms with van der Waals surface area (Å²) in [5, 5.41) is 9.76. The fourth-order valence-corrected chi connectivity index (χ4v) is 2.17. The van der Waals surface area contributed by atoms with Crippen LogP contribution in [0.15, 0.2) is 54.6 Å². The van der Waals surface area contributed by atoms with Crippen LogP contribution in [-0.4, -0.2) is 34.2 Å². The smallest absolute Gasteiger partial charge is 0.257 e. The van der Waals surface area contributed by atoms with Crippen molar-refractivity contribution in [2.45, 2.75) is 6.42 Å². The van der Waals surface area contributed by atoms with E-state index in [1.54, 1.807) is 0 Å². The van der Waals surface area contributed by atoms with Crippen LogP contribution in [0.4, 0.5) is 4.39 Å². The second kappa shape index (κ2) is 8.05. The maximum Gasteiger partial charge on any atom is 0.257 e. The highest BCUT2D eigenvalue weighted by atomic mass is 19.1. The zero-order chi connectivity index (χ0) is 17.5. The Kier molecular flexibility index (Phi) is 5.36. The lowest BCUT2D eigenvalue weighted by Crippen LogP contribution is -2.30. The first-order valence-corrected chi connectivity index (χ1v) is 7.82. The number of benzene rings is 2. The third kappa shape index (κ3) is 4.87. The molecule has 3 rings (SSSR count). The number of amides is 1. The zero-order valence-corrected chi connectivity index (χ0v) is 13.4. The number of aromatic amines is 1. The first-order valence-electron chi connectivity index (χ1n) is 7.82. The summed E-state index contributed by atoms with van der Waals surface area (Å²) >= 11 is 0. The Hall–Kier alpha value is -3.22. The number of carbonyl (C=O) groups excluding carboxylic acids is 1. The molecule has 0 radical (unpaired) electrons. The molecule has 3 aromatic rings. The molecule has 0 fully saturated rings. The van der Waals surface area contributed by atoms with Crippen molar-refractivity contribution in [3.8, 4) is 17.1 Å². The van der Waals surface area contributed by atoms with Crippen molar-refractivity contribution in [2.24, 2.45) is 0 Å². The topological polar surface area (TPSA) is 79.9 Å². The second-order valence-electron chi connectivity index (χ2n) is 5.31. The minimum absolute atomic E-state index is 0.128. The van der Waals surface area contributed by atoms with Crippen LogP contribution in [0.1, 0.15) is 5.82 Å². The predicted octanol–water partition coefficient (Wildman–Crippen LogP) is 2.35. The number of hydrogen-bond donors (Lipinski definition) is 2. The number of nitrogens with zero attached hydrogens (tertiary/aromatic N) is 2. The lowest BCUT2D eigenvalue weighted by molar-refractivity contribution is -0.123. The standard InChI is InChI=1S/C18H17FN4O2/c19-14-6-8-15(9-7-14)25-12-17(24)20-11-10-16-21-18(23-22-16)13-4-2-1-3-5-13/h1-9H,10-12H2,(H,20,24)(H,21,22,23). The van der Waals surface area contributed by atoms with Crippen molar-refractivity contribution in [3.63, 3.8) is 0 Å². The number of nitrogens with one attached hydrogen (secondary N) is 2. The van der Waals surface area contributed by atoms with Crippen molar-refractivity contribution in [1.82, 2.24) is 20.5 Å². The summed E-state index contributed by atoms with van der Waals surface area (Å²) in [7, 11) is 0. The van der Waals surface area contributed by atoms with Crippen LogP contribution in [0.3, 0.4) is 0 Å². The molecule has 6 nitrogen and oxygen atoms in total. The minimum Gasteiger partial charge on any atom is -0.484 e. The summed E-state index contributed by atoms with van der Waals surface area (Å²) < 4.78 is 18.0. The van der Waals surface area contributed by atoms with E-state index < -0.39 is 0 Å². The number of aromatic nitrogens is 3. The van der Waals surface area contributed by atoms with E-state index in [-0.39, 0.29) is 18.3 Å². The highest BCUT2D eigenvalue weighted by Gasteiger charge is 2.07. The van der Waals surface area contributed by atoms with Crippen LogP contribution >= 0.6 is 0 Å². The SMILES string of the molecule is O=C(COc1ccc(F)cc1)NCCc1nc(-c2ccccc2)n[nH]1. The van der Waals surface area contributed by atoms with E-state index in [0.29, 0.717) is 30.4 Å². The third-order valence-corrected chi connectivity index (χ3v) is 3.43. The Morgan fingerprint density at radius 3 is 2.64 bits per heavy atom. The van der Waals surface area contributed by atoms with Gasteiger partial charge in [0, 0.05) is 18.5 Å². The van der Waals surface area contributed by atoms with Gasteiger partial charge in [-0.05, 0) is 24.3 Å². The minimum atomic E-state index is -0.348.